The summed E-state index contributed by atoms with van der Waals surface area (Å²) in [5.74, 6) is -0.488. The van der Waals surface area contributed by atoms with Crippen molar-refractivity contribution in [1.29, 1.82) is 0 Å². The van der Waals surface area contributed by atoms with Crippen LogP contribution in [0.2, 0.25) is 10.2 Å². The Morgan fingerprint density at radius 1 is 1.17 bits per heavy atom. The fourth-order valence-electron chi connectivity index (χ4n) is 2.12. The van der Waals surface area contributed by atoms with E-state index in [1.165, 1.54) is 11.3 Å². The summed E-state index contributed by atoms with van der Waals surface area (Å²) in [5.41, 5.74) is 7.94. The Balaban J connectivity index is 1.99. The minimum absolute atomic E-state index is 0.373. The summed E-state index contributed by atoms with van der Waals surface area (Å²) >= 11 is 13.1. The number of nitrogens with two attached hydrogens (primary N) is 1. The molecule has 0 saturated heterocycles. The lowest BCUT2D eigenvalue weighted by molar-refractivity contribution is 0.100. The molecule has 2 aromatic heterocycles. The number of amides is 1. The van der Waals surface area contributed by atoms with Gasteiger partial charge in [-0.2, -0.15) is 0 Å². The van der Waals surface area contributed by atoms with Gasteiger partial charge in [-0.05, 0) is 29.8 Å². The third-order valence-corrected chi connectivity index (χ3v) is 4.80. The number of hydrogen-bond donors (Lipinski definition) is 1. The van der Waals surface area contributed by atoms with Crippen LogP contribution in [0, 0.1) is 0 Å². The maximum Gasteiger partial charge on any atom is 0.260 e. The van der Waals surface area contributed by atoms with Crippen LogP contribution in [0.4, 0.5) is 0 Å². The molecule has 0 fully saturated rings. The summed E-state index contributed by atoms with van der Waals surface area (Å²) in [7, 11) is 0. The quantitative estimate of drug-likeness (QED) is 0.706. The molecule has 0 aliphatic rings. The zero-order chi connectivity index (χ0) is 16.4. The van der Waals surface area contributed by atoms with E-state index in [4.69, 9.17) is 28.9 Å². The fraction of sp³-hybridized carbons (Fsp3) is 0.0625. The summed E-state index contributed by atoms with van der Waals surface area (Å²) in [6, 6.07) is 10.9. The van der Waals surface area contributed by atoms with Gasteiger partial charge in [-0.15, -0.1) is 11.3 Å². The molecule has 3 rings (SSSR count). The minimum Gasteiger partial charge on any atom is -0.365 e. The molecule has 0 aliphatic heterocycles. The van der Waals surface area contributed by atoms with Crippen LogP contribution in [-0.4, -0.2) is 15.9 Å². The van der Waals surface area contributed by atoms with Crippen molar-refractivity contribution < 1.29 is 4.79 Å². The van der Waals surface area contributed by atoms with Gasteiger partial charge in [0.2, 0.25) is 0 Å². The predicted molar refractivity (Wildman–Crippen MR) is 93.1 cm³/mol. The third-order valence-electron chi connectivity index (χ3n) is 3.18. The molecule has 2 heterocycles. The SMILES string of the molecule is NC(=O)c1sc(-c2ccnc(Cl)c2)nc1Cc1ccc(Cl)cc1. The Hall–Kier alpha value is -1.95. The van der Waals surface area contributed by atoms with E-state index in [0.29, 0.717) is 32.2 Å². The van der Waals surface area contributed by atoms with Gasteiger partial charge < -0.3 is 5.73 Å². The van der Waals surface area contributed by atoms with E-state index in [1.807, 2.05) is 12.1 Å². The molecule has 23 heavy (non-hydrogen) atoms. The van der Waals surface area contributed by atoms with Crippen LogP contribution in [0.1, 0.15) is 20.9 Å². The standard InChI is InChI=1S/C16H11Cl2N3OS/c17-11-3-1-9(2-4-11)7-12-14(15(19)22)23-16(21-12)10-5-6-20-13(18)8-10/h1-6,8H,7H2,(H2,19,22). The van der Waals surface area contributed by atoms with Crippen molar-refractivity contribution in [3.63, 3.8) is 0 Å². The number of nitrogens with zero attached hydrogens (tertiary/aromatic N) is 2. The van der Waals surface area contributed by atoms with Crippen LogP contribution in [0.15, 0.2) is 42.6 Å². The molecule has 1 amide bonds. The highest BCUT2D eigenvalue weighted by Gasteiger charge is 2.17. The van der Waals surface area contributed by atoms with Gasteiger partial charge in [0.15, 0.2) is 0 Å². The number of hydrogen-bond acceptors (Lipinski definition) is 4. The van der Waals surface area contributed by atoms with E-state index in [1.54, 1.807) is 30.5 Å². The first-order valence-electron chi connectivity index (χ1n) is 6.69. The van der Waals surface area contributed by atoms with E-state index in [0.717, 1.165) is 11.1 Å². The van der Waals surface area contributed by atoms with Gasteiger partial charge in [-0.3, -0.25) is 4.79 Å². The molecule has 0 unspecified atom stereocenters. The molecule has 7 heteroatoms. The average molecular weight is 364 g/mol. The largest absolute Gasteiger partial charge is 0.365 e. The molecule has 0 radical (unpaired) electrons. The molecule has 0 aliphatic carbocycles. The molecule has 0 bridgehead atoms. The van der Waals surface area contributed by atoms with Gasteiger partial charge in [-0.1, -0.05) is 35.3 Å². The van der Waals surface area contributed by atoms with E-state index >= 15 is 0 Å². The van der Waals surface area contributed by atoms with Crippen molar-refractivity contribution in [2.45, 2.75) is 6.42 Å². The van der Waals surface area contributed by atoms with Crippen molar-refractivity contribution in [3.05, 3.63) is 68.9 Å². The van der Waals surface area contributed by atoms with Crippen molar-refractivity contribution in [2.75, 3.05) is 0 Å². The van der Waals surface area contributed by atoms with Crippen LogP contribution < -0.4 is 5.73 Å². The van der Waals surface area contributed by atoms with Gasteiger partial charge in [0.05, 0.1) is 5.69 Å². The first-order valence-corrected chi connectivity index (χ1v) is 8.26. The molecule has 0 spiro atoms. The molecule has 4 nitrogen and oxygen atoms in total. The lowest BCUT2D eigenvalue weighted by atomic mass is 10.1. The fourth-order valence-corrected chi connectivity index (χ4v) is 3.35. The number of pyridine rings is 1. The highest BCUT2D eigenvalue weighted by Crippen LogP contribution is 2.30. The Bertz CT molecular complexity index is 862. The van der Waals surface area contributed by atoms with Crippen LogP contribution in [0.25, 0.3) is 10.6 Å². The second kappa shape index (κ2) is 6.66. The lowest BCUT2D eigenvalue weighted by Crippen LogP contribution is -2.11. The normalized spacial score (nSPS) is 10.7. The highest BCUT2D eigenvalue weighted by atomic mass is 35.5. The first kappa shape index (κ1) is 15.9. The third kappa shape index (κ3) is 3.69. The summed E-state index contributed by atoms with van der Waals surface area (Å²) in [6.45, 7) is 0. The summed E-state index contributed by atoms with van der Waals surface area (Å²) in [6.07, 6.45) is 2.10. The monoisotopic (exact) mass is 363 g/mol. The molecular weight excluding hydrogens is 353 g/mol. The smallest absolute Gasteiger partial charge is 0.260 e. The Morgan fingerprint density at radius 2 is 1.91 bits per heavy atom. The average Bonchev–Trinajstić information content (AvgIpc) is 2.94. The zero-order valence-corrected chi connectivity index (χ0v) is 14.1. The molecule has 116 valence electrons. The van der Waals surface area contributed by atoms with E-state index in [9.17, 15) is 4.79 Å². The number of thiazole rings is 1. The van der Waals surface area contributed by atoms with Gasteiger partial charge in [0.1, 0.15) is 15.0 Å². The van der Waals surface area contributed by atoms with Crippen LogP contribution in [0.5, 0.6) is 0 Å². The van der Waals surface area contributed by atoms with Crippen LogP contribution >= 0.6 is 34.5 Å². The Morgan fingerprint density at radius 3 is 2.57 bits per heavy atom. The lowest BCUT2D eigenvalue weighted by Gasteiger charge is -2.00. The number of carbonyl (C=O) groups excluding carboxylic acids is 1. The Kier molecular flexibility index (Phi) is 4.61. The minimum atomic E-state index is -0.488. The number of rotatable bonds is 4. The van der Waals surface area contributed by atoms with Crippen molar-refractivity contribution >= 4 is 40.4 Å². The van der Waals surface area contributed by atoms with Crippen molar-refractivity contribution in [3.8, 4) is 10.6 Å². The molecule has 1 aromatic carbocycles. The van der Waals surface area contributed by atoms with E-state index in [2.05, 4.69) is 9.97 Å². The second-order valence-electron chi connectivity index (χ2n) is 4.83. The predicted octanol–water partition coefficient (Wildman–Crippen LogP) is 4.20. The molecular formula is C16H11Cl2N3OS. The second-order valence-corrected chi connectivity index (χ2v) is 6.65. The number of primary amides is 1. The molecule has 3 aromatic rings. The molecule has 2 N–H and O–H groups in total. The Labute approximate surface area is 146 Å². The van der Waals surface area contributed by atoms with Gasteiger partial charge >= 0.3 is 0 Å². The molecule has 0 saturated carbocycles. The van der Waals surface area contributed by atoms with E-state index < -0.39 is 5.91 Å². The number of carbonyl (C=O) groups is 1. The van der Waals surface area contributed by atoms with Gasteiger partial charge in [0, 0.05) is 23.2 Å². The van der Waals surface area contributed by atoms with Crippen molar-refractivity contribution in [2.24, 2.45) is 5.73 Å². The highest BCUT2D eigenvalue weighted by molar-refractivity contribution is 7.17. The number of halogens is 2. The zero-order valence-electron chi connectivity index (χ0n) is 11.8. The van der Waals surface area contributed by atoms with Gasteiger partial charge in [0.25, 0.3) is 5.91 Å². The topological polar surface area (TPSA) is 68.9 Å². The summed E-state index contributed by atoms with van der Waals surface area (Å²) in [5, 5.41) is 1.72. The molecule has 0 atom stereocenters. The van der Waals surface area contributed by atoms with E-state index in [-0.39, 0.29) is 0 Å². The van der Waals surface area contributed by atoms with Crippen LogP contribution in [0.3, 0.4) is 0 Å². The maximum absolute atomic E-state index is 11.7. The van der Waals surface area contributed by atoms with Crippen molar-refractivity contribution in [1.82, 2.24) is 9.97 Å². The van der Waals surface area contributed by atoms with Crippen LogP contribution in [-0.2, 0) is 6.42 Å². The summed E-state index contributed by atoms with van der Waals surface area (Å²) < 4.78 is 0. The maximum atomic E-state index is 11.7. The number of aromatic nitrogens is 2. The summed E-state index contributed by atoms with van der Waals surface area (Å²) in [4.78, 5) is 20.7. The first-order chi connectivity index (χ1) is 11.0. The number of benzene rings is 1. The van der Waals surface area contributed by atoms with Gasteiger partial charge in [-0.25, -0.2) is 9.97 Å².